The Morgan fingerprint density at radius 2 is 1.54 bits per heavy atom. The number of hydrogen-bond acceptors (Lipinski definition) is 8. The van der Waals surface area contributed by atoms with E-state index in [9.17, 15) is 31.2 Å². The summed E-state index contributed by atoms with van der Waals surface area (Å²) in [5.74, 6) is -1.15. The fraction of sp³-hybridized carbons (Fsp3) is 0.222. The van der Waals surface area contributed by atoms with Crippen molar-refractivity contribution in [2.45, 2.75) is 35.6 Å². The van der Waals surface area contributed by atoms with E-state index in [-0.39, 0.29) is 40.8 Å². The molecule has 0 bridgehead atoms. The molecule has 1 fully saturated rings. The average Bonchev–Trinajstić information content (AvgIpc) is 3.21. The van der Waals surface area contributed by atoms with Gasteiger partial charge in [0.1, 0.15) is 11.8 Å². The zero-order valence-electron chi connectivity index (χ0n) is 22.2. The number of nitrogens with one attached hydrogen (secondary N) is 1. The first-order chi connectivity index (χ1) is 19.3. The molecule has 1 aliphatic rings. The standard InChI is InChI=1S/C27H28N4O8S2/c1-18(32)29-20-5-7-21(8-6-20)31-26(33)17-25(27(31)34)30(41(37,38)24-13-9-22(39-2)10-14-24)16-15-19-3-11-23(12-4-19)40(28,35)36/h3-14,25H,15-17H2,1-2H3,(H,29,32)(H2,28,35,36). The molecule has 3 amide bonds. The molecule has 3 aromatic carbocycles. The van der Waals surface area contributed by atoms with E-state index in [1.807, 2.05) is 0 Å². The number of nitrogens with zero attached hydrogens (tertiary/aromatic N) is 2. The number of carbonyl (C=O) groups is 3. The highest BCUT2D eigenvalue weighted by Gasteiger charge is 2.46. The Labute approximate surface area is 237 Å². The summed E-state index contributed by atoms with van der Waals surface area (Å²) in [7, 11) is -6.75. The molecule has 0 saturated carbocycles. The average molecular weight is 601 g/mol. The highest BCUT2D eigenvalue weighted by molar-refractivity contribution is 7.89. The van der Waals surface area contributed by atoms with E-state index in [4.69, 9.17) is 9.88 Å². The lowest BCUT2D eigenvalue weighted by Crippen LogP contribution is -2.46. The van der Waals surface area contributed by atoms with Crippen molar-refractivity contribution in [1.82, 2.24) is 4.31 Å². The van der Waals surface area contributed by atoms with Crippen LogP contribution in [0.3, 0.4) is 0 Å². The molecule has 12 nitrogen and oxygen atoms in total. The van der Waals surface area contributed by atoms with Crippen molar-refractivity contribution in [3.63, 3.8) is 0 Å². The molecule has 41 heavy (non-hydrogen) atoms. The molecule has 3 aromatic rings. The van der Waals surface area contributed by atoms with E-state index in [1.54, 1.807) is 0 Å². The van der Waals surface area contributed by atoms with Gasteiger partial charge in [-0.05, 0) is 72.6 Å². The van der Waals surface area contributed by atoms with Crippen LogP contribution in [-0.2, 0) is 40.9 Å². The molecule has 1 heterocycles. The van der Waals surface area contributed by atoms with Gasteiger partial charge in [0.25, 0.3) is 5.91 Å². The number of rotatable bonds is 10. The monoisotopic (exact) mass is 600 g/mol. The highest BCUT2D eigenvalue weighted by atomic mass is 32.2. The van der Waals surface area contributed by atoms with Crippen LogP contribution in [0.1, 0.15) is 18.9 Å². The number of amides is 3. The van der Waals surface area contributed by atoms with Gasteiger partial charge < -0.3 is 10.1 Å². The SMILES string of the molecule is COc1ccc(S(=O)(=O)N(CCc2ccc(S(N)(=O)=O)cc2)C2CC(=O)N(c3ccc(NC(C)=O)cc3)C2=O)cc1. The van der Waals surface area contributed by atoms with Crippen molar-refractivity contribution in [3.05, 3.63) is 78.4 Å². The van der Waals surface area contributed by atoms with Crippen molar-refractivity contribution in [2.24, 2.45) is 5.14 Å². The van der Waals surface area contributed by atoms with Crippen molar-refractivity contribution in [2.75, 3.05) is 23.9 Å². The van der Waals surface area contributed by atoms with Crippen LogP contribution in [0, 0.1) is 0 Å². The number of carbonyl (C=O) groups excluding carboxylic acids is 3. The second kappa shape index (κ2) is 11.8. The lowest BCUT2D eigenvalue weighted by atomic mass is 10.1. The minimum atomic E-state index is -4.28. The van der Waals surface area contributed by atoms with E-state index in [2.05, 4.69) is 5.32 Å². The molecular weight excluding hydrogens is 572 g/mol. The lowest BCUT2D eigenvalue weighted by Gasteiger charge is -2.27. The lowest BCUT2D eigenvalue weighted by molar-refractivity contribution is -0.122. The largest absolute Gasteiger partial charge is 0.497 e. The van der Waals surface area contributed by atoms with Crippen molar-refractivity contribution < 1.29 is 36.0 Å². The fourth-order valence-electron chi connectivity index (χ4n) is 4.42. The smallest absolute Gasteiger partial charge is 0.252 e. The molecule has 14 heteroatoms. The van der Waals surface area contributed by atoms with Crippen LogP contribution >= 0.6 is 0 Å². The number of methoxy groups -OCH3 is 1. The van der Waals surface area contributed by atoms with E-state index >= 15 is 0 Å². The first-order valence-corrected chi connectivity index (χ1v) is 15.3. The van der Waals surface area contributed by atoms with Crippen molar-refractivity contribution >= 4 is 49.1 Å². The van der Waals surface area contributed by atoms with Gasteiger partial charge in [-0.25, -0.2) is 26.9 Å². The van der Waals surface area contributed by atoms with Crippen LogP contribution in [0.15, 0.2) is 82.6 Å². The van der Waals surface area contributed by atoms with Crippen LogP contribution in [-0.4, -0.2) is 58.6 Å². The minimum Gasteiger partial charge on any atom is -0.497 e. The third-order valence-corrected chi connectivity index (χ3v) is 9.31. The molecular formula is C27H28N4O8S2. The zero-order chi connectivity index (χ0) is 29.9. The summed E-state index contributed by atoms with van der Waals surface area (Å²) in [4.78, 5) is 38.7. The second-order valence-corrected chi connectivity index (χ2v) is 12.7. The molecule has 1 saturated heterocycles. The Hall–Kier alpha value is -4.11. The maximum Gasteiger partial charge on any atom is 0.252 e. The number of benzene rings is 3. The van der Waals surface area contributed by atoms with Gasteiger partial charge in [-0.15, -0.1) is 0 Å². The van der Waals surface area contributed by atoms with Gasteiger partial charge in [0, 0.05) is 19.2 Å². The molecule has 4 rings (SSSR count). The van der Waals surface area contributed by atoms with E-state index in [1.165, 1.54) is 86.8 Å². The molecule has 0 spiro atoms. The van der Waals surface area contributed by atoms with Crippen LogP contribution in [0.2, 0.25) is 0 Å². The predicted octanol–water partition coefficient (Wildman–Crippen LogP) is 1.87. The van der Waals surface area contributed by atoms with Gasteiger partial charge in [0.15, 0.2) is 0 Å². The van der Waals surface area contributed by atoms with Gasteiger partial charge in [0.05, 0.1) is 29.0 Å². The maximum atomic E-state index is 13.8. The van der Waals surface area contributed by atoms with Crippen molar-refractivity contribution in [3.8, 4) is 5.75 Å². The maximum absolute atomic E-state index is 13.8. The predicted molar refractivity (Wildman–Crippen MR) is 150 cm³/mol. The Morgan fingerprint density at radius 3 is 2.07 bits per heavy atom. The van der Waals surface area contributed by atoms with E-state index in [0.29, 0.717) is 17.0 Å². The number of anilines is 2. The Bertz CT molecular complexity index is 1670. The highest BCUT2D eigenvalue weighted by Crippen LogP contribution is 2.31. The van der Waals surface area contributed by atoms with E-state index < -0.39 is 37.9 Å². The van der Waals surface area contributed by atoms with Crippen molar-refractivity contribution in [1.29, 1.82) is 0 Å². The number of primary sulfonamides is 1. The summed E-state index contributed by atoms with van der Waals surface area (Å²) in [6.45, 7) is 1.17. The molecule has 0 radical (unpaired) electrons. The van der Waals surface area contributed by atoms with Crippen LogP contribution in [0.5, 0.6) is 5.75 Å². The summed E-state index contributed by atoms with van der Waals surface area (Å²) in [5, 5.41) is 7.75. The molecule has 1 atom stereocenters. The first-order valence-electron chi connectivity index (χ1n) is 12.3. The van der Waals surface area contributed by atoms with Gasteiger partial charge in [0.2, 0.25) is 31.9 Å². The summed E-state index contributed by atoms with van der Waals surface area (Å²) >= 11 is 0. The topological polar surface area (TPSA) is 173 Å². The number of hydrogen-bond donors (Lipinski definition) is 2. The zero-order valence-corrected chi connectivity index (χ0v) is 23.8. The Kier molecular flexibility index (Phi) is 8.58. The second-order valence-electron chi connectivity index (χ2n) is 9.25. The molecule has 0 aromatic heterocycles. The Balaban J connectivity index is 1.66. The third kappa shape index (κ3) is 6.62. The molecule has 1 unspecified atom stereocenters. The number of sulfonamides is 2. The fourth-order valence-corrected chi connectivity index (χ4v) is 6.52. The number of imide groups is 1. The van der Waals surface area contributed by atoms with Crippen LogP contribution in [0.4, 0.5) is 11.4 Å². The third-order valence-electron chi connectivity index (χ3n) is 6.46. The van der Waals surface area contributed by atoms with Gasteiger partial charge in [-0.2, -0.15) is 4.31 Å². The molecule has 0 aliphatic carbocycles. The summed E-state index contributed by atoms with van der Waals surface area (Å²) in [6, 6.07) is 16.0. The summed E-state index contributed by atoms with van der Waals surface area (Å²) in [6.07, 6.45) is -0.268. The normalized spacial score (nSPS) is 15.8. The number of ether oxygens (including phenoxy) is 1. The number of nitrogens with two attached hydrogens (primary N) is 1. The first kappa shape index (κ1) is 29.9. The quantitative estimate of drug-likeness (QED) is 0.332. The van der Waals surface area contributed by atoms with Gasteiger partial charge in [-0.1, -0.05) is 12.1 Å². The molecule has 216 valence electrons. The minimum absolute atomic E-state index is 0.0961. The summed E-state index contributed by atoms with van der Waals surface area (Å²) < 4.78 is 57.0. The van der Waals surface area contributed by atoms with E-state index in [0.717, 1.165) is 9.21 Å². The van der Waals surface area contributed by atoms with Gasteiger partial charge in [-0.3, -0.25) is 14.4 Å². The molecule has 1 aliphatic heterocycles. The molecule has 3 N–H and O–H groups in total. The Morgan fingerprint density at radius 1 is 0.951 bits per heavy atom. The van der Waals surface area contributed by atoms with Crippen LogP contribution < -0.4 is 20.1 Å². The van der Waals surface area contributed by atoms with Gasteiger partial charge >= 0.3 is 0 Å². The summed E-state index contributed by atoms with van der Waals surface area (Å²) in [5.41, 5.74) is 1.29. The van der Waals surface area contributed by atoms with Crippen LogP contribution in [0.25, 0.3) is 0 Å².